The van der Waals surface area contributed by atoms with Crippen LogP contribution >= 0.6 is 0 Å². The minimum atomic E-state index is -0.516. The molecule has 0 unspecified atom stereocenters. The first-order chi connectivity index (χ1) is 9.31. The summed E-state index contributed by atoms with van der Waals surface area (Å²) in [5, 5.41) is 0. The molecule has 1 aromatic carbocycles. The number of fused-ring (bicyclic) bond motifs is 4. The molecular weight excluding hydrogens is 240 g/mol. The number of benzene rings is 1. The van der Waals surface area contributed by atoms with Crippen molar-refractivity contribution in [2.24, 2.45) is 5.92 Å². The molecule has 0 amide bonds. The number of hydrogen-bond acceptors (Lipinski definition) is 3. The van der Waals surface area contributed by atoms with Gasteiger partial charge in [-0.05, 0) is 30.4 Å². The molecule has 0 bridgehead atoms. The maximum atomic E-state index is 12.0. The summed E-state index contributed by atoms with van der Waals surface area (Å²) in [5.74, 6) is -0.371. The fraction of sp³-hybridized carbons (Fsp3) is 0.562. The van der Waals surface area contributed by atoms with Crippen LogP contribution in [-0.2, 0) is 26.1 Å². The predicted molar refractivity (Wildman–Crippen MR) is 69.9 cm³/mol. The maximum Gasteiger partial charge on any atom is 0.172 e. The third kappa shape index (κ3) is 1.37. The molecule has 3 nitrogen and oxygen atoms in total. The summed E-state index contributed by atoms with van der Waals surface area (Å²) in [4.78, 5) is 12.0. The fourth-order valence-corrected chi connectivity index (χ4v) is 4.42. The minimum absolute atomic E-state index is 0.145. The van der Waals surface area contributed by atoms with E-state index in [2.05, 4.69) is 18.2 Å². The van der Waals surface area contributed by atoms with Crippen LogP contribution in [0, 0.1) is 5.92 Å². The summed E-state index contributed by atoms with van der Waals surface area (Å²) in [7, 11) is 0. The highest BCUT2D eigenvalue weighted by Gasteiger charge is 2.61. The average Bonchev–Trinajstić information content (AvgIpc) is 3.04. The first-order valence-corrected chi connectivity index (χ1v) is 7.13. The topological polar surface area (TPSA) is 35.5 Å². The molecule has 3 aliphatic rings. The molecule has 1 saturated carbocycles. The lowest BCUT2D eigenvalue weighted by molar-refractivity contribution is -0.225. The summed E-state index contributed by atoms with van der Waals surface area (Å²) in [6.45, 7) is 1.31. The summed E-state index contributed by atoms with van der Waals surface area (Å²) in [5.41, 5.74) is 2.10. The Morgan fingerprint density at radius 3 is 2.74 bits per heavy atom. The van der Waals surface area contributed by atoms with Crippen molar-refractivity contribution in [3.63, 3.8) is 0 Å². The SMILES string of the molecule is O=C[C@]12CCCC3(OCCO3)[C@H]1Cc1ccccc12. The highest BCUT2D eigenvalue weighted by Crippen LogP contribution is 2.56. The minimum Gasteiger partial charge on any atom is -0.347 e. The van der Waals surface area contributed by atoms with Crippen molar-refractivity contribution in [3.8, 4) is 0 Å². The van der Waals surface area contributed by atoms with Crippen LogP contribution in [0.2, 0.25) is 0 Å². The first kappa shape index (κ1) is 11.6. The first-order valence-electron chi connectivity index (χ1n) is 7.13. The Morgan fingerprint density at radius 2 is 1.95 bits per heavy atom. The predicted octanol–water partition coefficient (Wildman–Crippen LogP) is 2.22. The van der Waals surface area contributed by atoms with E-state index in [1.165, 1.54) is 11.1 Å². The number of carbonyl (C=O) groups is 1. The van der Waals surface area contributed by atoms with Gasteiger partial charge < -0.3 is 14.3 Å². The van der Waals surface area contributed by atoms with Gasteiger partial charge in [0.2, 0.25) is 0 Å². The van der Waals surface area contributed by atoms with E-state index in [4.69, 9.17) is 9.47 Å². The number of ether oxygens (including phenoxy) is 2. The molecule has 1 aromatic rings. The summed E-state index contributed by atoms with van der Waals surface area (Å²) < 4.78 is 11.9. The van der Waals surface area contributed by atoms with E-state index < -0.39 is 5.79 Å². The van der Waals surface area contributed by atoms with Crippen molar-refractivity contribution in [2.45, 2.75) is 36.9 Å². The van der Waals surface area contributed by atoms with Gasteiger partial charge in [0, 0.05) is 12.3 Å². The van der Waals surface area contributed by atoms with Gasteiger partial charge in [-0.25, -0.2) is 0 Å². The normalized spacial score (nSPS) is 35.1. The lowest BCUT2D eigenvalue weighted by atomic mass is 9.64. The number of rotatable bonds is 1. The molecule has 19 heavy (non-hydrogen) atoms. The maximum absolute atomic E-state index is 12.0. The fourth-order valence-electron chi connectivity index (χ4n) is 4.42. The van der Waals surface area contributed by atoms with Gasteiger partial charge in [0.25, 0.3) is 0 Å². The highest BCUT2D eigenvalue weighted by atomic mass is 16.7. The van der Waals surface area contributed by atoms with E-state index in [0.717, 1.165) is 32.0 Å². The van der Waals surface area contributed by atoms with Crippen molar-refractivity contribution in [3.05, 3.63) is 35.4 Å². The lowest BCUT2D eigenvalue weighted by Gasteiger charge is -2.46. The molecular formula is C16H18O3. The standard InChI is InChI=1S/C16H18O3/c17-11-15-6-3-7-16(18-8-9-19-16)14(15)10-12-4-1-2-5-13(12)15/h1-2,4-5,11,14H,3,6-10H2/t14-,15-/m0/s1. The van der Waals surface area contributed by atoms with Crippen LogP contribution in [0.3, 0.4) is 0 Å². The van der Waals surface area contributed by atoms with Crippen molar-refractivity contribution in [2.75, 3.05) is 13.2 Å². The molecule has 1 aliphatic heterocycles. The molecule has 1 saturated heterocycles. The Balaban J connectivity index is 1.86. The Morgan fingerprint density at radius 1 is 1.16 bits per heavy atom. The van der Waals surface area contributed by atoms with Gasteiger partial charge in [-0.15, -0.1) is 0 Å². The van der Waals surface area contributed by atoms with Crippen molar-refractivity contribution < 1.29 is 14.3 Å². The molecule has 0 radical (unpaired) electrons. The zero-order chi connectivity index (χ0) is 12.9. The Bertz CT molecular complexity index is 518. The van der Waals surface area contributed by atoms with E-state index in [1.54, 1.807) is 0 Å². The monoisotopic (exact) mass is 258 g/mol. The second-order valence-electron chi connectivity index (χ2n) is 5.93. The van der Waals surface area contributed by atoms with Gasteiger partial charge in [0.1, 0.15) is 6.29 Å². The summed E-state index contributed by atoms with van der Waals surface area (Å²) in [6, 6.07) is 8.33. The number of carbonyl (C=O) groups excluding carboxylic acids is 1. The molecule has 100 valence electrons. The number of aldehydes is 1. The van der Waals surface area contributed by atoms with Crippen LogP contribution in [0.15, 0.2) is 24.3 Å². The van der Waals surface area contributed by atoms with E-state index in [-0.39, 0.29) is 11.3 Å². The van der Waals surface area contributed by atoms with E-state index in [1.807, 2.05) is 6.07 Å². The molecule has 0 N–H and O–H groups in total. The van der Waals surface area contributed by atoms with Crippen molar-refractivity contribution in [1.82, 2.24) is 0 Å². The van der Waals surface area contributed by atoms with Crippen molar-refractivity contribution in [1.29, 1.82) is 0 Å². The largest absolute Gasteiger partial charge is 0.347 e. The van der Waals surface area contributed by atoms with Crippen LogP contribution in [-0.4, -0.2) is 25.3 Å². The summed E-state index contributed by atoms with van der Waals surface area (Å²) in [6.07, 6.45) is 4.89. The second kappa shape index (κ2) is 3.90. The Labute approximate surface area is 112 Å². The summed E-state index contributed by atoms with van der Waals surface area (Å²) >= 11 is 0. The molecule has 4 rings (SSSR count). The lowest BCUT2D eigenvalue weighted by Crippen LogP contribution is -2.53. The molecule has 2 fully saturated rings. The smallest absolute Gasteiger partial charge is 0.172 e. The van der Waals surface area contributed by atoms with Crippen molar-refractivity contribution >= 4 is 6.29 Å². The van der Waals surface area contributed by atoms with Gasteiger partial charge >= 0.3 is 0 Å². The van der Waals surface area contributed by atoms with Gasteiger partial charge in [0.05, 0.1) is 18.6 Å². The van der Waals surface area contributed by atoms with Crippen LogP contribution in [0.25, 0.3) is 0 Å². The van der Waals surface area contributed by atoms with Crippen LogP contribution < -0.4 is 0 Å². The van der Waals surface area contributed by atoms with Gasteiger partial charge in [-0.2, -0.15) is 0 Å². The zero-order valence-corrected chi connectivity index (χ0v) is 10.9. The third-order valence-corrected chi connectivity index (χ3v) is 5.20. The van der Waals surface area contributed by atoms with E-state index in [9.17, 15) is 4.79 Å². The zero-order valence-electron chi connectivity index (χ0n) is 10.9. The molecule has 3 heteroatoms. The van der Waals surface area contributed by atoms with E-state index >= 15 is 0 Å². The molecule has 2 atom stereocenters. The highest BCUT2D eigenvalue weighted by molar-refractivity contribution is 5.73. The van der Waals surface area contributed by atoms with Crippen LogP contribution in [0.1, 0.15) is 30.4 Å². The van der Waals surface area contributed by atoms with E-state index in [0.29, 0.717) is 13.2 Å². The van der Waals surface area contributed by atoms with Crippen LogP contribution in [0.5, 0.6) is 0 Å². The Hall–Kier alpha value is -1.19. The molecule has 1 spiro atoms. The molecule has 1 heterocycles. The Kier molecular flexibility index (Phi) is 2.39. The second-order valence-corrected chi connectivity index (χ2v) is 5.93. The van der Waals surface area contributed by atoms with Crippen LogP contribution in [0.4, 0.5) is 0 Å². The van der Waals surface area contributed by atoms with Gasteiger partial charge in [-0.1, -0.05) is 24.3 Å². The van der Waals surface area contributed by atoms with Gasteiger partial charge in [0.15, 0.2) is 5.79 Å². The number of hydrogen-bond donors (Lipinski definition) is 0. The third-order valence-electron chi connectivity index (χ3n) is 5.20. The molecule has 2 aliphatic carbocycles. The van der Waals surface area contributed by atoms with Gasteiger partial charge in [-0.3, -0.25) is 0 Å². The quantitative estimate of drug-likeness (QED) is 0.725. The molecule has 0 aromatic heterocycles. The average molecular weight is 258 g/mol.